The molecule has 0 radical (unpaired) electrons. The van der Waals surface area contributed by atoms with Crippen LogP contribution in [0.3, 0.4) is 0 Å². The molecule has 5 nitrogen and oxygen atoms in total. The van der Waals surface area contributed by atoms with E-state index in [9.17, 15) is 0 Å². The Morgan fingerprint density at radius 3 is 2.44 bits per heavy atom. The van der Waals surface area contributed by atoms with Crippen molar-refractivity contribution in [3.63, 3.8) is 0 Å². The van der Waals surface area contributed by atoms with Gasteiger partial charge in [-0.25, -0.2) is 5.01 Å². The summed E-state index contributed by atoms with van der Waals surface area (Å²) in [4.78, 5) is 0. The van der Waals surface area contributed by atoms with Crippen molar-refractivity contribution in [2.24, 2.45) is 5.10 Å². The molecule has 0 aliphatic carbocycles. The first-order chi connectivity index (χ1) is 17.7. The van der Waals surface area contributed by atoms with Gasteiger partial charge in [0, 0.05) is 22.0 Å². The number of hydrazone groups is 1. The van der Waals surface area contributed by atoms with Crippen LogP contribution in [0.2, 0.25) is 0 Å². The number of methoxy groups -OCH3 is 1. The summed E-state index contributed by atoms with van der Waals surface area (Å²) in [5.74, 6) is 2.65. The van der Waals surface area contributed by atoms with Crippen LogP contribution in [0.1, 0.15) is 74.4 Å². The molecule has 0 spiro atoms. The van der Waals surface area contributed by atoms with Crippen molar-refractivity contribution < 1.29 is 14.2 Å². The molecule has 6 heteroatoms. The van der Waals surface area contributed by atoms with Gasteiger partial charge in [0.1, 0.15) is 17.2 Å². The standard InChI is InChI=1S/C30H33BrN2O3/c1-3-4-5-6-7-18-35-25-15-10-22(11-16-25)30-33-28(26-19-23(31)12-17-29(26)36-30)20-27(32-33)21-8-13-24(34-2)14-9-21/h8-17,19,28,30H,3-7,18,20H2,1-2H3. The highest BCUT2D eigenvalue weighted by molar-refractivity contribution is 9.10. The molecule has 0 N–H and O–H groups in total. The first kappa shape index (κ1) is 24.7. The highest BCUT2D eigenvalue weighted by Gasteiger charge is 2.41. The largest absolute Gasteiger partial charge is 0.497 e. The summed E-state index contributed by atoms with van der Waals surface area (Å²) in [6.45, 7) is 3.00. The fourth-order valence-electron chi connectivity index (χ4n) is 4.86. The molecule has 0 bridgehead atoms. The van der Waals surface area contributed by atoms with Crippen LogP contribution in [0.15, 0.2) is 76.3 Å². The third-order valence-corrected chi connectivity index (χ3v) is 7.35. The monoisotopic (exact) mass is 548 g/mol. The Kier molecular flexibility index (Phi) is 7.81. The first-order valence-electron chi connectivity index (χ1n) is 12.9. The second-order valence-corrected chi connectivity index (χ2v) is 10.3. The summed E-state index contributed by atoms with van der Waals surface area (Å²) < 4.78 is 18.9. The summed E-state index contributed by atoms with van der Waals surface area (Å²) in [5.41, 5.74) is 4.36. The minimum atomic E-state index is -0.303. The summed E-state index contributed by atoms with van der Waals surface area (Å²) in [7, 11) is 1.68. The number of hydrogen-bond acceptors (Lipinski definition) is 5. The predicted molar refractivity (Wildman–Crippen MR) is 147 cm³/mol. The van der Waals surface area contributed by atoms with Crippen LogP contribution in [-0.2, 0) is 0 Å². The predicted octanol–water partition coefficient (Wildman–Crippen LogP) is 8.05. The smallest absolute Gasteiger partial charge is 0.213 e. The zero-order valence-electron chi connectivity index (χ0n) is 21.0. The average Bonchev–Trinajstić information content (AvgIpc) is 3.37. The van der Waals surface area contributed by atoms with Gasteiger partial charge >= 0.3 is 0 Å². The van der Waals surface area contributed by atoms with Crippen molar-refractivity contribution in [3.05, 3.63) is 87.9 Å². The highest BCUT2D eigenvalue weighted by Crippen LogP contribution is 2.48. The van der Waals surface area contributed by atoms with E-state index in [4.69, 9.17) is 19.3 Å². The number of benzene rings is 3. The molecule has 2 aliphatic heterocycles. The third kappa shape index (κ3) is 5.39. The van der Waals surface area contributed by atoms with E-state index in [1.54, 1.807) is 7.11 Å². The van der Waals surface area contributed by atoms with Crippen LogP contribution >= 0.6 is 15.9 Å². The lowest BCUT2D eigenvalue weighted by Crippen LogP contribution is -2.33. The molecule has 0 amide bonds. The fourth-order valence-corrected chi connectivity index (χ4v) is 5.24. The van der Waals surface area contributed by atoms with Gasteiger partial charge in [-0.2, -0.15) is 5.10 Å². The van der Waals surface area contributed by atoms with E-state index in [1.807, 2.05) is 36.4 Å². The van der Waals surface area contributed by atoms with E-state index in [-0.39, 0.29) is 12.3 Å². The number of rotatable bonds is 10. The van der Waals surface area contributed by atoms with E-state index >= 15 is 0 Å². The maximum Gasteiger partial charge on any atom is 0.213 e. The normalized spacial score (nSPS) is 18.2. The van der Waals surface area contributed by atoms with E-state index < -0.39 is 0 Å². The molecule has 36 heavy (non-hydrogen) atoms. The second kappa shape index (κ2) is 11.4. The zero-order chi connectivity index (χ0) is 24.9. The number of fused-ring (bicyclic) bond motifs is 3. The molecule has 188 valence electrons. The summed E-state index contributed by atoms with van der Waals surface area (Å²) >= 11 is 3.63. The minimum absolute atomic E-state index is 0.104. The average molecular weight is 550 g/mol. The lowest BCUT2D eigenvalue weighted by Gasteiger charge is -2.38. The number of unbranched alkanes of at least 4 members (excludes halogenated alkanes) is 4. The fraction of sp³-hybridized carbons (Fsp3) is 0.367. The molecular formula is C30H33BrN2O3. The lowest BCUT2D eigenvalue weighted by molar-refractivity contribution is -0.0191. The molecule has 3 aromatic rings. The minimum Gasteiger partial charge on any atom is -0.497 e. The Hall–Kier alpha value is -2.99. The van der Waals surface area contributed by atoms with E-state index in [1.165, 1.54) is 25.7 Å². The van der Waals surface area contributed by atoms with Gasteiger partial charge in [0.2, 0.25) is 6.23 Å². The molecular weight excluding hydrogens is 516 g/mol. The molecule has 0 saturated heterocycles. The van der Waals surface area contributed by atoms with Gasteiger partial charge in [-0.05, 0) is 78.7 Å². The van der Waals surface area contributed by atoms with Crippen molar-refractivity contribution in [1.29, 1.82) is 0 Å². The molecule has 0 fully saturated rings. The van der Waals surface area contributed by atoms with Crippen LogP contribution in [0.25, 0.3) is 0 Å². The van der Waals surface area contributed by atoms with E-state index in [0.29, 0.717) is 0 Å². The maximum absolute atomic E-state index is 6.52. The molecule has 2 atom stereocenters. The van der Waals surface area contributed by atoms with Crippen molar-refractivity contribution in [2.75, 3.05) is 13.7 Å². The number of hydrogen-bond donors (Lipinski definition) is 0. The molecule has 2 unspecified atom stereocenters. The zero-order valence-corrected chi connectivity index (χ0v) is 22.5. The Labute approximate surface area is 222 Å². The van der Waals surface area contributed by atoms with E-state index in [2.05, 4.69) is 58.2 Å². The van der Waals surface area contributed by atoms with Crippen LogP contribution < -0.4 is 14.2 Å². The van der Waals surface area contributed by atoms with Crippen LogP contribution in [-0.4, -0.2) is 24.4 Å². The van der Waals surface area contributed by atoms with Crippen molar-refractivity contribution in [3.8, 4) is 17.2 Å². The molecule has 2 aliphatic rings. The topological polar surface area (TPSA) is 43.3 Å². The lowest BCUT2D eigenvalue weighted by atomic mass is 9.96. The summed E-state index contributed by atoms with van der Waals surface area (Å²) in [5, 5.41) is 7.18. The van der Waals surface area contributed by atoms with Crippen LogP contribution in [0.5, 0.6) is 17.2 Å². The van der Waals surface area contributed by atoms with E-state index in [0.717, 1.165) is 63.6 Å². The quantitative estimate of drug-likeness (QED) is 0.240. The second-order valence-electron chi connectivity index (χ2n) is 9.36. The van der Waals surface area contributed by atoms with Crippen molar-refractivity contribution in [1.82, 2.24) is 5.01 Å². The summed E-state index contributed by atoms with van der Waals surface area (Å²) in [6, 6.07) is 22.7. The van der Waals surface area contributed by atoms with Crippen molar-refractivity contribution in [2.45, 2.75) is 57.7 Å². The van der Waals surface area contributed by atoms with Gasteiger partial charge in [0.15, 0.2) is 0 Å². The van der Waals surface area contributed by atoms with Crippen LogP contribution in [0, 0.1) is 0 Å². The van der Waals surface area contributed by atoms with Crippen LogP contribution in [0.4, 0.5) is 0 Å². The van der Waals surface area contributed by atoms with Gasteiger partial charge in [-0.15, -0.1) is 0 Å². The number of nitrogens with zero attached hydrogens (tertiary/aromatic N) is 2. The van der Waals surface area contributed by atoms with Gasteiger partial charge in [0.25, 0.3) is 0 Å². The van der Waals surface area contributed by atoms with Gasteiger partial charge in [-0.3, -0.25) is 0 Å². The molecule has 0 aromatic heterocycles. The molecule has 0 saturated carbocycles. The first-order valence-corrected chi connectivity index (χ1v) is 13.6. The Balaban J connectivity index is 1.36. The summed E-state index contributed by atoms with van der Waals surface area (Å²) in [6.07, 6.45) is 6.68. The third-order valence-electron chi connectivity index (χ3n) is 6.86. The highest BCUT2D eigenvalue weighted by atomic mass is 79.9. The Bertz CT molecular complexity index is 1190. The molecule has 2 heterocycles. The van der Waals surface area contributed by atoms with Gasteiger partial charge in [0.05, 0.1) is 25.5 Å². The number of ether oxygens (including phenoxy) is 3. The Morgan fingerprint density at radius 2 is 1.69 bits per heavy atom. The van der Waals surface area contributed by atoms with Gasteiger partial charge < -0.3 is 14.2 Å². The molecule has 5 rings (SSSR count). The Morgan fingerprint density at radius 1 is 0.944 bits per heavy atom. The molecule has 3 aromatic carbocycles. The SMILES string of the molecule is CCCCCCCOc1ccc(C2Oc3ccc(Br)cc3C3CC(c4ccc(OC)cc4)=NN32)cc1. The van der Waals surface area contributed by atoms with Gasteiger partial charge in [-0.1, -0.05) is 48.5 Å². The maximum atomic E-state index is 6.52. The van der Waals surface area contributed by atoms with Crippen molar-refractivity contribution >= 4 is 21.6 Å². The number of halogens is 1.